The van der Waals surface area contributed by atoms with Crippen LogP contribution >= 0.6 is 11.6 Å². The van der Waals surface area contributed by atoms with Crippen LogP contribution in [-0.4, -0.2) is 18.5 Å². The first-order valence-corrected chi connectivity index (χ1v) is 3.74. The lowest BCUT2D eigenvalue weighted by Crippen LogP contribution is -2.29. The van der Waals surface area contributed by atoms with Crippen LogP contribution in [0.3, 0.4) is 0 Å². The number of alkyl halides is 1. The van der Waals surface area contributed by atoms with E-state index in [1.54, 1.807) is 0 Å². The molecule has 1 heterocycles. The van der Waals surface area contributed by atoms with E-state index in [-0.39, 0.29) is 5.38 Å². The zero-order valence-electron chi connectivity index (χ0n) is 5.73. The van der Waals surface area contributed by atoms with Crippen LogP contribution in [0.5, 0.6) is 0 Å². The normalized spacial score (nSPS) is 25.2. The van der Waals surface area contributed by atoms with Crippen LogP contribution in [-0.2, 0) is 0 Å². The molecule has 2 heteroatoms. The SMILES string of the molecule is C#CCC1=CC(Cl)CNC1. The molecule has 0 aromatic rings. The number of hydrogen-bond donors (Lipinski definition) is 1. The average molecular weight is 156 g/mol. The predicted molar refractivity (Wildman–Crippen MR) is 44.0 cm³/mol. The molecular weight excluding hydrogens is 146 g/mol. The summed E-state index contributed by atoms with van der Waals surface area (Å²) in [5.74, 6) is 2.59. The summed E-state index contributed by atoms with van der Waals surface area (Å²) in [6.07, 6.45) is 7.90. The first-order valence-electron chi connectivity index (χ1n) is 3.30. The van der Waals surface area contributed by atoms with Crippen LogP contribution in [0.1, 0.15) is 6.42 Å². The van der Waals surface area contributed by atoms with Gasteiger partial charge in [-0.05, 0) is 5.57 Å². The first kappa shape index (κ1) is 7.65. The van der Waals surface area contributed by atoms with Gasteiger partial charge in [0.25, 0.3) is 0 Å². The Morgan fingerprint density at radius 1 is 1.90 bits per heavy atom. The molecule has 1 rings (SSSR count). The van der Waals surface area contributed by atoms with Crippen molar-refractivity contribution in [2.24, 2.45) is 0 Å². The van der Waals surface area contributed by atoms with Crippen molar-refractivity contribution >= 4 is 11.6 Å². The van der Waals surface area contributed by atoms with Gasteiger partial charge in [-0.25, -0.2) is 0 Å². The van der Waals surface area contributed by atoms with Crippen molar-refractivity contribution in [1.82, 2.24) is 5.32 Å². The molecule has 1 atom stereocenters. The van der Waals surface area contributed by atoms with E-state index in [1.165, 1.54) is 5.57 Å². The third-order valence-electron chi connectivity index (χ3n) is 1.44. The van der Waals surface area contributed by atoms with Crippen molar-refractivity contribution in [3.05, 3.63) is 11.6 Å². The topological polar surface area (TPSA) is 12.0 Å². The van der Waals surface area contributed by atoms with E-state index in [0.29, 0.717) is 0 Å². The van der Waals surface area contributed by atoms with Crippen molar-refractivity contribution in [1.29, 1.82) is 0 Å². The van der Waals surface area contributed by atoms with E-state index < -0.39 is 0 Å². The summed E-state index contributed by atoms with van der Waals surface area (Å²) in [5, 5.41) is 3.30. The highest BCUT2D eigenvalue weighted by molar-refractivity contribution is 6.22. The smallest absolute Gasteiger partial charge is 0.0644 e. The Hall–Kier alpha value is -0.450. The van der Waals surface area contributed by atoms with E-state index >= 15 is 0 Å². The van der Waals surface area contributed by atoms with Gasteiger partial charge in [-0.15, -0.1) is 23.9 Å². The molecule has 1 N–H and O–H groups in total. The first-order chi connectivity index (χ1) is 4.83. The lowest BCUT2D eigenvalue weighted by Gasteiger charge is -2.15. The lowest BCUT2D eigenvalue weighted by atomic mass is 10.1. The highest BCUT2D eigenvalue weighted by Crippen LogP contribution is 2.09. The van der Waals surface area contributed by atoms with Gasteiger partial charge in [0, 0.05) is 19.5 Å². The summed E-state index contributed by atoms with van der Waals surface area (Å²) in [4.78, 5) is 0. The minimum absolute atomic E-state index is 0.122. The molecule has 0 saturated heterocycles. The Kier molecular flexibility index (Phi) is 2.80. The second-order valence-electron chi connectivity index (χ2n) is 2.35. The van der Waals surface area contributed by atoms with Gasteiger partial charge in [0.1, 0.15) is 0 Å². The van der Waals surface area contributed by atoms with Gasteiger partial charge >= 0.3 is 0 Å². The molecule has 54 valence electrons. The number of nitrogens with one attached hydrogen (secondary N) is 1. The fourth-order valence-electron chi connectivity index (χ4n) is 0.997. The highest BCUT2D eigenvalue weighted by Gasteiger charge is 2.08. The van der Waals surface area contributed by atoms with E-state index in [9.17, 15) is 0 Å². The molecule has 0 aliphatic carbocycles. The van der Waals surface area contributed by atoms with Crippen molar-refractivity contribution in [2.75, 3.05) is 13.1 Å². The maximum Gasteiger partial charge on any atom is 0.0644 e. The molecule has 1 aliphatic rings. The summed E-state index contributed by atoms with van der Waals surface area (Å²) in [6, 6.07) is 0. The quantitative estimate of drug-likeness (QED) is 0.340. The van der Waals surface area contributed by atoms with Gasteiger partial charge in [-0.2, -0.15) is 0 Å². The molecule has 0 fully saturated rings. The van der Waals surface area contributed by atoms with Crippen LogP contribution in [0.25, 0.3) is 0 Å². The second-order valence-corrected chi connectivity index (χ2v) is 2.91. The minimum Gasteiger partial charge on any atom is -0.311 e. The van der Waals surface area contributed by atoms with Crippen LogP contribution < -0.4 is 5.32 Å². The van der Waals surface area contributed by atoms with Gasteiger partial charge in [0.05, 0.1) is 5.38 Å². The van der Waals surface area contributed by atoms with Gasteiger partial charge < -0.3 is 5.32 Å². The van der Waals surface area contributed by atoms with Crippen molar-refractivity contribution in [3.8, 4) is 12.3 Å². The molecule has 0 amide bonds. The van der Waals surface area contributed by atoms with E-state index in [1.807, 2.05) is 6.08 Å². The maximum atomic E-state index is 5.84. The number of terminal acetylenes is 1. The summed E-state index contributed by atoms with van der Waals surface area (Å²) in [5.41, 5.74) is 1.23. The molecule has 0 aromatic carbocycles. The standard InChI is InChI=1S/C8H10ClN/c1-2-3-7-4-8(9)6-10-5-7/h1,4,8,10H,3,5-6H2. The molecule has 0 bridgehead atoms. The van der Waals surface area contributed by atoms with Crippen LogP contribution in [0, 0.1) is 12.3 Å². The van der Waals surface area contributed by atoms with Crippen LogP contribution in [0.15, 0.2) is 11.6 Å². The van der Waals surface area contributed by atoms with Crippen LogP contribution in [0.4, 0.5) is 0 Å². The molecule has 0 aromatic heterocycles. The molecule has 10 heavy (non-hydrogen) atoms. The minimum atomic E-state index is 0.122. The van der Waals surface area contributed by atoms with Gasteiger partial charge in [-0.3, -0.25) is 0 Å². The lowest BCUT2D eigenvalue weighted by molar-refractivity contribution is 0.699. The maximum absolute atomic E-state index is 5.84. The Bertz CT molecular complexity index is 178. The molecule has 1 nitrogen and oxygen atoms in total. The predicted octanol–water partition coefficient (Wildman–Crippen LogP) is 1.15. The van der Waals surface area contributed by atoms with E-state index in [0.717, 1.165) is 19.5 Å². The number of rotatable bonds is 1. The van der Waals surface area contributed by atoms with Gasteiger partial charge in [0.2, 0.25) is 0 Å². The summed E-state index contributed by atoms with van der Waals surface area (Å²) in [6.45, 7) is 1.75. The number of halogens is 1. The molecular formula is C8H10ClN. The Morgan fingerprint density at radius 3 is 3.30 bits per heavy atom. The van der Waals surface area contributed by atoms with Crippen molar-refractivity contribution in [2.45, 2.75) is 11.8 Å². The average Bonchev–Trinajstić information content (AvgIpc) is 1.88. The number of hydrogen-bond acceptors (Lipinski definition) is 1. The monoisotopic (exact) mass is 155 g/mol. The highest BCUT2D eigenvalue weighted by atomic mass is 35.5. The zero-order valence-corrected chi connectivity index (χ0v) is 6.49. The molecule has 0 saturated carbocycles. The summed E-state index contributed by atoms with van der Waals surface area (Å²) < 4.78 is 0. The van der Waals surface area contributed by atoms with Gasteiger partial charge in [0.15, 0.2) is 0 Å². The molecule has 0 spiro atoms. The molecule has 1 aliphatic heterocycles. The van der Waals surface area contributed by atoms with E-state index in [2.05, 4.69) is 11.2 Å². The van der Waals surface area contributed by atoms with Crippen LogP contribution in [0.2, 0.25) is 0 Å². The third-order valence-corrected chi connectivity index (χ3v) is 1.72. The van der Waals surface area contributed by atoms with Gasteiger partial charge in [-0.1, -0.05) is 6.08 Å². The van der Waals surface area contributed by atoms with E-state index in [4.69, 9.17) is 18.0 Å². The fraction of sp³-hybridized carbons (Fsp3) is 0.500. The van der Waals surface area contributed by atoms with Crippen molar-refractivity contribution in [3.63, 3.8) is 0 Å². The zero-order chi connectivity index (χ0) is 7.40. The fourth-order valence-corrected chi connectivity index (χ4v) is 1.28. The van der Waals surface area contributed by atoms with Crippen molar-refractivity contribution < 1.29 is 0 Å². The largest absolute Gasteiger partial charge is 0.311 e. The molecule has 1 unspecified atom stereocenters. The second kappa shape index (κ2) is 3.65. The summed E-state index contributed by atoms with van der Waals surface area (Å²) >= 11 is 5.84. The Balaban J connectivity index is 2.50. The summed E-state index contributed by atoms with van der Waals surface area (Å²) in [7, 11) is 0. The molecule has 0 radical (unpaired) electrons. The Labute approximate surface area is 66.5 Å². The third kappa shape index (κ3) is 2.06. The Morgan fingerprint density at radius 2 is 2.70 bits per heavy atom.